The van der Waals surface area contributed by atoms with E-state index in [4.69, 9.17) is 14.2 Å². The molecule has 0 atom stereocenters. The minimum atomic E-state index is -3.75. The summed E-state index contributed by atoms with van der Waals surface area (Å²) in [6, 6.07) is 4.54. The molecule has 12 nitrogen and oxygen atoms in total. The first-order chi connectivity index (χ1) is 16.8. The number of rotatable bonds is 8. The van der Waals surface area contributed by atoms with Crippen LogP contribution in [0.5, 0.6) is 11.5 Å². The highest BCUT2D eigenvalue weighted by Crippen LogP contribution is 2.32. The normalized spacial score (nSPS) is 14.8. The van der Waals surface area contributed by atoms with Crippen molar-refractivity contribution < 1.29 is 27.4 Å². The molecule has 13 heteroatoms. The van der Waals surface area contributed by atoms with Gasteiger partial charge in [0.25, 0.3) is 5.78 Å². The van der Waals surface area contributed by atoms with Crippen LogP contribution < -0.4 is 14.4 Å². The average molecular weight is 505 g/mol. The number of carbonyl (C=O) groups excluding carboxylic acids is 1. The van der Waals surface area contributed by atoms with Gasteiger partial charge in [0, 0.05) is 43.5 Å². The van der Waals surface area contributed by atoms with Gasteiger partial charge in [-0.1, -0.05) is 0 Å². The second-order valence-electron chi connectivity index (χ2n) is 7.86. The molecule has 1 aliphatic rings. The fraction of sp³-hybridized carbons (Fsp3) is 0.455. The minimum Gasteiger partial charge on any atom is -0.493 e. The minimum absolute atomic E-state index is 0.0297. The molecule has 1 aromatic carbocycles. The Bertz CT molecular complexity index is 1330. The lowest BCUT2D eigenvalue weighted by molar-refractivity contribution is -0.142. The maximum atomic E-state index is 13.3. The Morgan fingerprint density at radius 1 is 1.09 bits per heavy atom. The molecule has 188 valence electrons. The van der Waals surface area contributed by atoms with Crippen LogP contribution in [0.3, 0.4) is 0 Å². The molecule has 0 radical (unpaired) electrons. The van der Waals surface area contributed by atoms with Gasteiger partial charge < -0.3 is 19.1 Å². The lowest BCUT2D eigenvalue weighted by atomic mass is 10.1. The predicted molar refractivity (Wildman–Crippen MR) is 126 cm³/mol. The van der Waals surface area contributed by atoms with Gasteiger partial charge in [-0.25, -0.2) is 13.4 Å². The number of methoxy groups -OCH3 is 2. The summed E-state index contributed by atoms with van der Waals surface area (Å²) in [5, 5.41) is 4.29. The number of carbonyl (C=O) groups is 1. The number of hydrogen-bond donors (Lipinski definition) is 0. The van der Waals surface area contributed by atoms with Gasteiger partial charge in [0.2, 0.25) is 10.0 Å². The van der Waals surface area contributed by atoms with E-state index in [0.29, 0.717) is 47.4 Å². The van der Waals surface area contributed by atoms with E-state index in [9.17, 15) is 13.2 Å². The van der Waals surface area contributed by atoms with E-state index >= 15 is 0 Å². The zero-order valence-electron chi connectivity index (χ0n) is 20.1. The zero-order chi connectivity index (χ0) is 25.2. The zero-order valence-corrected chi connectivity index (χ0v) is 20.9. The van der Waals surface area contributed by atoms with Crippen molar-refractivity contribution >= 4 is 27.6 Å². The maximum Gasteiger partial charge on any atom is 0.310 e. The van der Waals surface area contributed by atoms with E-state index in [1.54, 1.807) is 17.5 Å². The SMILES string of the molecule is CCOC(=O)Cc1c(C)nc2ncnn2c1N1CCN(S(=O)(=O)c2ccc(OC)c(OC)c2)CC1. The molecule has 0 amide bonds. The van der Waals surface area contributed by atoms with Crippen LogP contribution in [-0.2, 0) is 26.0 Å². The second kappa shape index (κ2) is 10.0. The van der Waals surface area contributed by atoms with Crippen molar-refractivity contribution in [3.63, 3.8) is 0 Å². The van der Waals surface area contributed by atoms with E-state index in [0.717, 1.165) is 0 Å². The Labute approximate surface area is 203 Å². The molecular formula is C22H28N6O6S. The number of aryl methyl sites for hydroxylation is 1. The molecule has 0 unspecified atom stereocenters. The monoisotopic (exact) mass is 504 g/mol. The topological polar surface area (TPSA) is 128 Å². The van der Waals surface area contributed by atoms with Gasteiger partial charge in [0.1, 0.15) is 12.1 Å². The molecule has 0 N–H and O–H groups in total. The van der Waals surface area contributed by atoms with Crippen molar-refractivity contribution in [3.05, 3.63) is 35.8 Å². The summed E-state index contributed by atoms with van der Waals surface area (Å²) in [6.45, 7) is 5.10. The number of esters is 1. The Balaban J connectivity index is 1.61. The third kappa shape index (κ3) is 4.73. The molecule has 1 fully saturated rings. The molecule has 0 spiro atoms. The van der Waals surface area contributed by atoms with Gasteiger partial charge in [-0.3, -0.25) is 4.79 Å². The van der Waals surface area contributed by atoms with Crippen LogP contribution in [0, 0.1) is 6.92 Å². The third-order valence-corrected chi connectivity index (χ3v) is 7.76. The standard InChI is InChI=1S/C22H28N6O6S/c1-5-34-20(29)13-17-15(2)25-22-23-14-24-28(22)21(17)26-8-10-27(11-9-26)35(30,31)16-6-7-18(32-3)19(12-16)33-4/h6-7,12,14H,5,8-11,13H2,1-4H3. The van der Waals surface area contributed by atoms with Crippen LogP contribution in [0.4, 0.5) is 5.82 Å². The van der Waals surface area contributed by atoms with Crippen LogP contribution in [0.1, 0.15) is 18.2 Å². The van der Waals surface area contributed by atoms with Crippen LogP contribution in [-0.4, -0.2) is 85.3 Å². The second-order valence-corrected chi connectivity index (χ2v) is 9.80. The van der Waals surface area contributed by atoms with E-state index < -0.39 is 10.0 Å². The van der Waals surface area contributed by atoms with Crippen LogP contribution in [0.15, 0.2) is 29.4 Å². The number of benzene rings is 1. The Kier molecular flexibility index (Phi) is 7.08. The van der Waals surface area contributed by atoms with Crippen molar-refractivity contribution in [2.75, 3.05) is 51.9 Å². The number of nitrogens with zero attached hydrogens (tertiary/aromatic N) is 6. The highest BCUT2D eigenvalue weighted by Gasteiger charge is 2.32. The van der Waals surface area contributed by atoms with Crippen LogP contribution in [0.25, 0.3) is 5.78 Å². The summed E-state index contributed by atoms with van der Waals surface area (Å²) in [7, 11) is -0.796. The largest absolute Gasteiger partial charge is 0.493 e. The molecule has 35 heavy (non-hydrogen) atoms. The smallest absolute Gasteiger partial charge is 0.310 e. The summed E-state index contributed by atoms with van der Waals surface area (Å²) in [5.74, 6) is 1.51. The third-order valence-electron chi connectivity index (χ3n) is 5.86. The summed E-state index contributed by atoms with van der Waals surface area (Å²) in [5.41, 5.74) is 1.33. The van der Waals surface area contributed by atoms with Crippen LogP contribution >= 0.6 is 0 Å². The number of piperazine rings is 1. The predicted octanol–water partition coefficient (Wildman–Crippen LogP) is 1.07. The van der Waals surface area contributed by atoms with Crippen molar-refractivity contribution in [1.29, 1.82) is 0 Å². The first kappa shape index (κ1) is 24.7. The molecule has 3 aromatic rings. The number of sulfonamides is 1. The van der Waals surface area contributed by atoms with Crippen molar-refractivity contribution in [1.82, 2.24) is 23.9 Å². The number of fused-ring (bicyclic) bond motifs is 1. The fourth-order valence-corrected chi connectivity index (χ4v) is 5.56. The first-order valence-corrected chi connectivity index (χ1v) is 12.6. The maximum absolute atomic E-state index is 13.3. The molecule has 0 bridgehead atoms. The molecule has 3 heterocycles. The molecule has 1 saturated heterocycles. The summed E-state index contributed by atoms with van der Waals surface area (Å²) in [6.07, 6.45) is 1.43. The van der Waals surface area contributed by atoms with Crippen molar-refractivity contribution in [2.24, 2.45) is 0 Å². The van der Waals surface area contributed by atoms with E-state index in [2.05, 4.69) is 15.1 Å². The van der Waals surface area contributed by atoms with Crippen molar-refractivity contribution in [2.45, 2.75) is 25.2 Å². The number of aromatic nitrogens is 4. The molecule has 1 aliphatic heterocycles. The van der Waals surface area contributed by atoms with Gasteiger partial charge in [-0.15, -0.1) is 0 Å². The fourth-order valence-electron chi connectivity index (χ4n) is 4.12. The van der Waals surface area contributed by atoms with Gasteiger partial charge in [-0.2, -0.15) is 18.9 Å². The van der Waals surface area contributed by atoms with E-state index in [1.165, 1.54) is 37.0 Å². The van der Waals surface area contributed by atoms with E-state index in [1.807, 2.05) is 11.8 Å². The molecule has 0 aliphatic carbocycles. The summed E-state index contributed by atoms with van der Waals surface area (Å²) < 4.78 is 45.3. The molecule has 0 saturated carbocycles. The average Bonchev–Trinajstić information content (AvgIpc) is 3.32. The van der Waals surface area contributed by atoms with E-state index in [-0.39, 0.29) is 37.0 Å². The Morgan fingerprint density at radius 2 is 1.80 bits per heavy atom. The summed E-state index contributed by atoms with van der Waals surface area (Å²) >= 11 is 0. The van der Waals surface area contributed by atoms with Crippen molar-refractivity contribution in [3.8, 4) is 11.5 Å². The van der Waals surface area contributed by atoms with Gasteiger partial charge in [0.05, 0.1) is 32.1 Å². The lowest BCUT2D eigenvalue weighted by Crippen LogP contribution is -2.49. The van der Waals surface area contributed by atoms with Gasteiger partial charge in [0.15, 0.2) is 11.5 Å². The highest BCUT2D eigenvalue weighted by atomic mass is 32.2. The number of hydrogen-bond acceptors (Lipinski definition) is 10. The highest BCUT2D eigenvalue weighted by molar-refractivity contribution is 7.89. The molecular weight excluding hydrogens is 476 g/mol. The quantitative estimate of drug-likeness (QED) is 0.411. The Hall–Kier alpha value is -3.45. The number of anilines is 1. The van der Waals surface area contributed by atoms with Gasteiger partial charge in [-0.05, 0) is 26.0 Å². The molecule has 2 aromatic heterocycles. The number of ether oxygens (including phenoxy) is 3. The first-order valence-electron chi connectivity index (χ1n) is 11.1. The van der Waals surface area contributed by atoms with Gasteiger partial charge >= 0.3 is 5.97 Å². The lowest BCUT2D eigenvalue weighted by Gasteiger charge is -2.36. The summed E-state index contributed by atoms with van der Waals surface area (Å²) in [4.78, 5) is 23.1. The van der Waals surface area contributed by atoms with Crippen LogP contribution in [0.2, 0.25) is 0 Å². The molecule has 4 rings (SSSR count). The Morgan fingerprint density at radius 3 is 2.46 bits per heavy atom.